The van der Waals surface area contributed by atoms with Gasteiger partial charge in [-0.15, -0.1) is 4.91 Å². The maximum absolute atomic E-state index is 11.8. The van der Waals surface area contributed by atoms with E-state index >= 15 is 0 Å². The van der Waals surface area contributed by atoms with Crippen molar-refractivity contribution in [2.24, 2.45) is 12.2 Å². The Labute approximate surface area is 142 Å². The van der Waals surface area contributed by atoms with Crippen LogP contribution in [0.3, 0.4) is 0 Å². The second kappa shape index (κ2) is 6.32. The van der Waals surface area contributed by atoms with Crippen molar-refractivity contribution in [3.63, 3.8) is 0 Å². The van der Waals surface area contributed by atoms with Gasteiger partial charge in [0.15, 0.2) is 0 Å². The third-order valence-corrected chi connectivity index (χ3v) is 4.90. The first kappa shape index (κ1) is 16.0. The molecule has 0 saturated carbocycles. The number of nitroso groups, excluding NO2 is 1. The first-order valence-electron chi connectivity index (χ1n) is 7.20. The highest BCUT2D eigenvalue weighted by atomic mass is 32.1. The molecule has 2 heterocycles. The Morgan fingerprint density at radius 3 is 2.71 bits per heavy atom. The van der Waals surface area contributed by atoms with E-state index in [1.54, 1.807) is 36.0 Å². The molecule has 122 valence electrons. The van der Waals surface area contributed by atoms with Gasteiger partial charge >= 0.3 is 4.87 Å². The third-order valence-electron chi connectivity index (χ3n) is 3.75. The van der Waals surface area contributed by atoms with Gasteiger partial charge in [-0.1, -0.05) is 17.4 Å². The van der Waals surface area contributed by atoms with Crippen LogP contribution in [0.15, 0.2) is 40.4 Å². The minimum absolute atomic E-state index is 0.0316. The van der Waals surface area contributed by atoms with E-state index in [2.05, 4.69) is 20.5 Å². The molecule has 7 nitrogen and oxygen atoms in total. The second-order valence-corrected chi connectivity index (χ2v) is 6.29. The van der Waals surface area contributed by atoms with Crippen LogP contribution in [-0.4, -0.2) is 14.5 Å². The topological polar surface area (TPSA) is 89.2 Å². The lowest BCUT2D eigenvalue weighted by atomic mass is 10.2. The van der Waals surface area contributed by atoms with E-state index in [1.165, 1.54) is 0 Å². The molecule has 0 saturated heterocycles. The van der Waals surface area contributed by atoms with Crippen molar-refractivity contribution >= 4 is 28.7 Å². The number of thiazole rings is 1. The molecule has 0 bridgehead atoms. The van der Waals surface area contributed by atoms with Crippen LogP contribution in [-0.2, 0) is 7.05 Å². The van der Waals surface area contributed by atoms with Crippen molar-refractivity contribution in [2.75, 3.05) is 5.32 Å². The van der Waals surface area contributed by atoms with E-state index in [0.29, 0.717) is 23.0 Å². The third kappa shape index (κ3) is 2.95. The van der Waals surface area contributed by atoms with Gasteiger partial charge in [-0.3, -0.25) is 4.79 Å². The molecule has 0 aliphatic rings. The van der Waals surface area contributed by atoms with Gasteiger partial charge in [-0.25, -0.2) is 9.97 Å². The van der Waals surface area contributed by atoms with Gasteiger partial charge < -0.3 is 9.88 Å². The smallest absolute Gasteiger partial charge is 0.307 e. The van der Waals surface area contributed by atoms with Crippen LogP contribution in [0, 0.1) is 18.8 Å². The predicted molar refractivity (Wildman–Crippen MR) is 95.2 cm³/mol. The van der Waals surface area contributed by atoms with Gasteiger partial charge in [-0.05, 0) is 42.8 Å². The Morgan fingerprint density at radius 2 is 2.04 bits per heavy atom. The molecule has 8 heteroatoms. The van der Waals surface area contributed by atoms with Crippen molar-refractivity contribution in [3.05, 3.63) is 56.3 Å². The number of hydrogen-bond acceptors (Lipinski definition) is 7. The van der Waals surface area contributed by atoms with Gasteiger partial charge in [-0.2, -0.15) is 0 Å². The molecule has 3 aromatic rings. The molecule has 0 aliphatic heterocycles. The number of anilines is 2. The zero-order valence-corrected chi connectivity index (χ0v) is 14.2. The lowest BCUT2D eigenvalue weighted by molar-refractivity contribution is 0.854. The SMILES string of the molecule is Cc1ccc(Nc2nccc(-c3sc(=O)n(C)c3C)n2)cc1N=O. The molecule has 0 amide bonds. The number of rotatable bonds is 4. The van der Waals surface area contributed by atoms with Crippen LogP contribution < -0.4 is 10.2 Å². The Morgan fingerprint density at radius 1 is 1.25 bits per heavy atom. The lowest BCUT2D eigenvalue weighted by Gasteiger charge is -2.07. The van der Waals surface area contributed by atoms with Crippen molar-refractivity contribution in [1.82, 2.24) is 14.5 Å². The Bertz CT molecular complexity index is 977. The average Bonchev–Trinajstić information content (AvgIpc) is 2.84. The number of hydrogen-bond donors (Lipinski definition) is 1. The predicted octanol–water partition coefficient (Wildman–Crippen LogP) is 3.66. The minimum atomic E-state index is -0.0316. The van der Waals surface area contributed by atoms with Crippen LogP contribution in [0.5, 0.6) is 0 Å². The first-order chi connectivity index (χ1) is 11.5. The molecule has 0 fully saturated rings. The van der Waals surface area contributed by atoms with Gasteiger partial charge in [0.05, 0.1) is 10.6 Å². The van der Waals surface area contributed by atoms with E-state index < -0.39 is 0 Å². The van der Waals surface area contributed by atoms with E-state index in [0.717, 1.165) is 27.5 Å². The number of aromatic nitrogens is 3. The molecular weight excluding hydrogens is 326 g/mol. The molecule has 3 rings (SSSR count). The lowest BCUT2D eigenvalue weighted by Crippen LogP contribution is -2.08. The van der Waals surface area contributed by atoms with Crippen LogP contribution in [0.1, 0.15) is 11.3 Å². The van der Waals surface area contributed by atoms with Crippen molar-refractivity contribution in [1.29, 1.82) is 0 Å². The van der Waals surface area contributed by atoms with E-state index in [9.17, 15) is 9.70 Å². The highest BCUT2D eigenvalue weighted by Crippen LogP contribution is 2.27. The minimum Gasteiger partial charge on any atom is -0.324 e. The zero-order chi connectivity index (χ0) is 17.3. The summed E-state index contributed by atoms with van der Waals surface area (Å²) in [5.41, 5.74) is 3.37. The standard InChI is InChI=1S/C16H15N5O2S/c1-9-4-5-11(8-13(9)20-23)18-15-17-7-6-12(19-15)14-10(2)21(3)16(22)24-14/h4-8H,1-3H3,(H,17,18,19). The summed E-state index contributed by atoms with van der Waals surface area (Å²) in [5, 5.41) is 6.05. The summed E-state index contributed by atoms with van der Waals surface area (Å²) < 4.78 is 1.59. The van der Waals surface area contributed by atoms with Gasteiger partial charge in [0.2, 0.25) is 5.95 Å². The summed E-state index contributed by atoms with van der Waals surface area (Å²) in [4.78, 5) is 32.0. The highest BCUT2D eigenvalue weighted by Gasteiger charge is 2.12. The van der Waals surface area contributed by atoms with E-state index in [4.69, 9.17) is 0 Å². The molecule has 24 heavy (non-hydrogen) atoms. The summed E-state index contributed by atoms with van der Waals surface area (Å²) in [7, 11) is 1.73. The molecule has 2 aromatic heterocycles. The molecule has 0 aliphatic carbocycles. The van der Waals surface area contributed by atoms with Gasteiger partial charge in [0.25, 0.3) is 0 Å². The molecule has 0 spiro atoms. The van der Waals surface area contributed by atoms with Crippen LogP contribution in [0.25, 0.3) is 10.6 Å². The van der Waals surface area contributed by atoms with Crippen molar-refractivity contribution in [3.8, 4) is 10.6 Å². The van der Waals surface area contributed by atoms with Crippen molar-refractivity contribution < 1.29 is 0 Å². The van der Waals surface area contributed by atoms with Gasteiger partial charge in [0, 0.05) is 24.6 Å². The Kier molecular flexibility index (Phi) is 4.22. The monoisotopic (exact) mass is 341 g/mol. The number of benzene rings is 1. The van der Waals surface area contributed by atoms with Crippen molar-refractivity contribution in [2.45, 2.75) is 13.8 Å². The zero-order valence-electron chi connectivity index (χ0n) is 13.4. The van der Waals surface area contributed by atoms with Crippen LogP contribution in [0.2, 0.25) is 0 Å². The van der Waals surface area contributed by atoms with Crippen LogP contribution in [0.4, 0.5) is 17.3 Å². The Hall–Kier alpha value is -2.87. The molecular formula is C16H15N5O2S. The molecule has 0 unspecified atom stereocenters. The largest absolute Gasteiger partial charge is 0.324 e. The first-order valence-corrected chi connectivity index (χ1v) is 8.02. The Balaban J connectivity index is 1.95. The normalized spacial score (nSPS) is 10.6. The van der Waals surface area contributed by atoms with E-state index in [1.807, 2.05) is 19.9 Å². The van der Waals surface area contributed by atoms with E-state index in [-0.39, 0.29) is 4.87 Å². The van der Waals surface area contributed by atoms with Gasteiger partial charge in [0.1, 0.15) is 5.69 Å². The fraction of sp³-hybridized carbons (Fsp3) is 0.188. The summed E-state index contributed by atoms with van der Waals surface area (Å²) in [6.45, 7) is 3.70. The summed E-state index contributed by atoms with van der Waals surface area (Å²) >= 11 is 1.15. The fourth-order valence-electron chi connectivity index (χ4n) is 2.22. The second-order valence-electron chi connectivity index (χ2n) is 5.32. The van der Waals surface area contributed by atoms with Crippen LogP contribution >= 0.6 is 11.3 Å². The maximum atomic E-state index is 11.8. The molecule has 0 radical (unpaired) electrons. The quantitative estimate of drug-likeness (QED) is 0.731. The molecule has 1 aromatic carbocycles. The molecule has 1 N–H and O–H groups in total. The summed E-state index contributed by atoms with van der Waals surface area (Å²) in [5.74, 6) is 0.385. The number of nitrogens with zero attached hydrogens (tertiary/aromatic N) is 4. The summed E-state index contributed by atoms with van der Waals surface area (Å²) in [6, 6.07) is 7.03. The average molecular weight is 341 g/mol. The summed E-state index contributed by atoms with van der Waals surface area (Å²) in [6.07, 6.45) is 1.63. The fourth-order valence-corrected chi connectivity index (χ4v) is 3.17. The molecule has 0 atom stereocenters. The highest BCUT2D eigenvalue weighted by molar-refractivity contribution is 7.13. The number of nitrogens with one attached hydrogen (secondary N) is 1. The number of aryl methyl sites for hydroxylation is 1. The maximum Gasteiger partial charge on any atom is 0.307 e.